The van der Waals surface area contributed by atoms with E-state index in [1.54, 1.807) is 0 Å². The maximum atomic E-state index is 2.52. The molecule has 72 valence electrons. The molecule has 0 amide bonds. The lowest BCUT2D eigenvalue weighted by molar-refractivity contribution is 0.308. The van der Waals surface area contributed by atoms with Gasteiger partial charge < -0.3 is 4.90 Å². The van der Waals surface area contributed by atoms with E-state index in [1.165, 1.54) is 38.8 Å². The van der Waals surface area contributed by atoms with E-state index in [9.17, 15) is 0 Å². The van der Waals surface area contributed by atoms with Crippen molar-refractivity contribution in [3.63, 3.8) is 0 Å². The summed E-state index contributed by atoms with van der Waals surface area (Å²) >= 11 is 0. The van der Waals surface area contributed by atoms with Crippen molar-refractivity contribution in [3.05, 3.63) is 0 Å². The molecule has 0 bridgehead atoms. The molecule has 0 radical (unpaired) electrons. The third-order valence-corrected chi connectivity index (χ3v) is 2.53. The van der Waals surface area contributed by atoms with Gasteiger partial charge in [0.1, 0.15) is 0 Å². The van der Waals surface area contributed by atoms with Crippen LogP contribution in [0.1, 0.15) is 39.5 Å². The Kier molecular flexibility index (Phi) is 4.07. The summed E-state index contributed by atoms with van der Waals surface area (Å²) in [6.45, 7) is 6.74. The molecule has 0 N–H and O–H groups in total. The Bertz CT molecular complexity index is 100. The van der Waals surface area contributed by atoms with Gasteiger partial charge in [-0.05, 0) is 44.6 Å². The molecule has 1 nitrogen and oxygen atoms in total. The fraction of sp³-hybridized carbons (Fsp3) is 1.00. The van der Waals surface area contributed by atoms with E-state index in [0.717, 1.165) is 11.8 Å². The third-order valence-electron chi connectivity index (χ3n) is 2.53. The van der Waals surface area contributed by atoms with Gasteiger partial charge in [-0.15, -0.1) is 0 Å². The summed E-state index contributed by atoms with van der Waals surface area (Å²) in [7, 11) is 2.27. The van der Waals surface area contributed by atoms with Crippen LogP contribution in [-0.2, 0) is 0 Å². The van der Waals surface area contributed by atoms with Gasteiger partial charge in [0.25, 0.3) is 0 Å². The van der Waals surface area contributed by atoms with Gasteiger partial charge in [-0.2, -0.15) is 0 Å². The van der Waals surface area contributed by atoms with Gasteiger partial charge in [-0.25, -0.2) is 0 Å². The van der Waals surface area contributed by atoms with Crippen molar-refractivity contribution < 1.29 is 0 Å². The smallest absolute Gasteiger partial charge is 0.000673 e. The predicted octanol–water partition coefficient (Wildman–Crippen LogP) is 2.76. The lowest BCUT2D eigenvalue weighted by Gasteiger charge is -2.14. The zero-order valence-electron chi connectivity index (χ0n) is 8.84. The van der Waals surface area contributed by atoms with Crippen molar-refractivity contribution in [2.45, 2.75) is 39.5 Å². The molecule has 0 aliphatic heterocycles. The molecule has 2 rings (SSSR count). The van der Waals surface area contributed by atoms with Crippen LogP contribution in [0, 0.1) is 11.8 Å². The second kappa shape index (κ2) is 4.86. The molecular weight excluding hydrogens is 146 g/mol. The molecule has 0 heterocycles. The molecule has 0 saturated heterocycles. The van der Waals surface area contributed by atoms with Crippen LogP contribution in [0.5, 0.6) is 0 Å². The maximum absolute atomic E-state index is 2.52. The summed E-state index contributed by atoms with van der Waals surface area (Å²) in [4.78, 5) is 2.52. The maximum Gasteiger partial charge on any atom is 0.000673 e. The summed E-state index contributed by atoms with van der Waals surface area (Å²) in [6.07, 6.45) is 5.98. The Labute approximate surface area is 77.1 Å². The van der Waals surface area contributed by atoms with Crippen molar-refractivity contribution in [2.75, 3.05) is 20.1 Å². The van der Waals surface area contributed by atoms with Crippen molar-refractivity contribution in [1.82, 2.24) is 4.90 Å². The number of rotatable bonds is 4. The quantitative estimate of drug-likeness (QED) is 0.625. The van der Waals surface area contributed by atoms with Crippen LogP contribution in [0.25, 0.3) is 0 Å². The fourth-order valence-corrected chi connectivity index (χ4v) is 1.56. The first-order valence-electron chi connectivity index (χ1n) is 5.53. The summed E-state index contributed by atoms with van der Waals surface area (Å²) in [5.41, 5.74) is 0. The van der Waals surface area contributed by atoms with Crippen LogP contribution in [0.3, 0.4) is 0 Å². The second-order valence-corrected chi connectivity index (χ2v) is 4.11. The van der Waals surface area contributed by atoms with Crippen LogP contribution >= 0.6 is 0 Å². The SMILES string of the molecule is CC.CN(CC1CC1)CC1CC1. The normalized spacial score (nSPS) is 22.0. The van der Waals surface area contributed by atoms with Gasteiger partial charge >= 0.3 is 0 Å². The Morgan fingerprint density at radius 2 is 1.25 bits per heavy atom. The molecule has 2 aliphatic rings. The average Bonchev–Trinajstić information content (AvgIpc) is 2.88. The zero-order chi connectivity index (χ0) is 8.97. The van der Waals surface area contributed by atoms with Gasteiger partial charge in [0, 0.05) is 13.1 Å². The molecule has 2 fully saturated rings. The highest BCUT2D eigenvalue weighted by Crippen LogP contribution is 2.32. The Morgan fingerprint density at radius 3 is 1.50 bits per heavy atom. The number of hydrogen-bond acceptors (Lipinski definition) is 1. The van der Waals surface area contributed by atoms with Gasteiger partial charge in [0.05, 0.1) is 0 Å². The Hall–Kier alpha value is -0.0400. The first kappa shape index (κ1) is 10.0. The molecule has 12 heavy (non-hydrogen) atoms. The standard InChI is InChI=1S/C9H17N.C2H6/c1-10(6-8-2-3-8)7-9-4-5-9;1-2/h8-9H,2-7H2,1H3;1-2H3. The van der Waals surface area contributed by atoms with Gasteiger partial charge in [0.2, 0.25) is 0 Å². The molecule has 0 unspecified atom stereocenters. The molecule has 0 aromatic carbocycles. The molecule has 2 aliphatic carbocycles. The van der Waals surface area contributed by atoms with E-state index < -0.39 is 0 Å². The molecule has 0 aromatic heterocycles. The predicted molar refractivity (Wildman–Crippen MR) is 54.3 cm³/mol. The van der Waals surface area contributed by atoms with E-state index in [1.807, 2.05) is 13.8 Å². The average molecular weight is 169 g/mol. The molecular formula is C11H23N. The van der Waals surface area contributed by atoms with Crippen LogP contribution in [0.4, 0.5) is 0 Å². The van der Waals surface area contributed by atoms with Crippen LogP contribution in [0.15, 0.2) is 0 Å². The summed E-state index contributed by atoms with van der Waals surface area (Å²) in [5, 5.41) is 0. The minimum Gasteiger partial charge on any atom is -0.306 e. The Balaban J connectivity index is 0.000000336. The molecule has 1 heteroatoms. The van der Waals surface area contributed by atoms with E-state index >= 15 is 0 Å². The monoisotopic (exact) mass is 169 g/mol. The lowest BCUT2D eigenvalue weighted by Crippen LogP contribution is -2.23. The van der Waals surface area contributed by atoms with Crippen molar-refractivity contribution >= 4 is 0 Å². The lowest BCUT2D eigenvalue weighted by atomic mass is 10.3. The van der Waals surface area contributed by atoms with Crippen LogP contribution in [-0.4, -0.2) is 25.0 Å². The topological polar surface area (TPSA) is 3.24 Å². The van der Waals surface area contributed by atoms with Crippen molar-refractivity contribution in [2.24, 2.45) is 11.8 Å². The Morgan fingerprint density at radius 1 is 0.917 bits per heavy atom. The van der Waals surface area contributed by atoms with Crippen LogP contribution in [0.2, 0.25) is 0 Å². The second-order valence-electron chi connectivity index (χ2n) is 4.11. The number of nitrogens with zero attached hydrogens (tertiary/aromatic N) is 1. The molecule has 0 aromatic rings. The molecule has 2 saturated carbocycles. The van der Waals surface area contributed by atoms with Gasteiger partial charge in [0.15, 0.2) is 0 Å². The molecule has 0 spiro atoms. The minimum atomic E-state index is 1.07. The van der Waals surface area contributed by atoms with Crippen molar-refractivity contribution in [3.8, 4) is 0 Å². The highest BCUT2D eigenvalue weighted by Gasteiger charge is 2.27. The fourth-order valence-electron chi connectivity index (χ4n) is 1.56. The summed E-state index contributed by atoms with van der Waals surface area (Å²) < 4.78 is 0. The third kappa shape index (κ3) is 4.10. The molecule has 0 atom stereocenters. The largest absolute Gasteiger partial charge is 0.306 e. The summed E-state index contributed by atoms with van der Waals surface area (Å²) in [6, 6.07) is 0. The first-order chi connectivity index (χ1) is 5.84. The van der Waals surface area contributed by atoms with E-state index in [4.69, 9.17) is 0 Å². The zero-order valence-corrected chi connectivity index (χ0v) is 8.84. The number of hydrogen-bond donors (Lipinski definition) is 0. The summed E-state index contributed by atoms with van der Waals surface area (Å²) in [5.74, 6) is 2.15. The van der Waals surface area contributed by atoms with Gasteiger partial charge in [-0.3, -0.25) is 0 Å². The highest BCUT2D eigenvalue weighted by atomic mass is 15.1. The minimum absolute atomic E-state index is 1.07. The van der Waals surface area contributed by atoms with Gasteiger partial charge in [-0.1, -0.05) is 13.8 Å². The van der Waals surface area contributed by atoms with E-state index in [2.05, 4.69) is 11.9 Å². The highest BCUT2D eigenvalue weighted by molar-refractivity contribution is 4.80. The van der Waals surface area contributed by atoms with E-state index in [0.29, 0.717) is 0 Å². The van der Waals surface area contributed by atoms with Crippen LogP contribution < -0.4 is 0 Å². The van der Waals surface area contributed by atoms with E-state index in [-0.39, 0.29) is 0 Å². The van der Waals surface area contributed by atoms with Crippen molar-refractivity contribution in [1.29, 1.82) is 0 Å². The first-order valence-corrected chi connectivity index (χ1v) is 5.53.